The minimum Gasteiger partial charge on any atom is -0.493 e. The number of benzene rings is 2. The van der Waals surface area contributed by atoms with E-state index in [1.807, 2.05) is 24.0 Å². The van der Waals surface area contributed by atoms with Crippen LogP contribution in [-0.2, 0) is 0 Å². The minimum atomic E-state index is -0.0523. The van der Waals surface area contributed by atoms with Gasteiger partial charge in [0.1, 0.15) is 0 Å². The monoisotopic (exact) mass is 441 g/mol. The van der Waals surface area contributed by atoms with Crippen molar-refractivity contribution in [3.8, 4) is 22.9 Å². The number of carbonyl (C=O) groups is 1. The molecule has 0 radical (unpaired) electrons. The number of piperidine rings is 1. The Bertz CT molecular complexity index is 1050. The van der Waals surface area contributed by atoms with E-state index in [0.717, 1.165) is 18.4 Å². The van der Waals surface area contributed by atoms with Crippen molar-refractivity contribution in [3.63, 3.8) is 0 Å². The number of methoxy groups -OCH3 is 1. The highest BCUT2D eigenvalue weighted by Crippen LogP contribution is 2.31. The molecule has 1 aliphatic rings. The molecule has 1 amide bonds. The van der Waals surface area contributed by atoms with E-state index in [1.165, 1.54) is 0 Å². The average molecular weight is 442 g/mol. The van der Waals surface area contributed by atoms with Gasteiger partial charge in [0, 0.05) is 29.2 Å². The summed E-state index contributed by atoms with van der Waals surface area (Å²) in [6, 6.07) is 12.6. The lowest BCUT2D eigenvalue weighted by atomic mass is 9.97. The summed E-state index contributed by atoms with van der Waals surface area (Å²) < 4.78 is 16.5. The van der Waals surface area contributed by atoms with Crippen molar-refractivity contribution in [2.75, 3.05) is 26.8 Å². The molecule has 1 saturated heterocycles. The number of rotatable bonds is 6. The van der Waals surface area contributed by atoms with Crippen molar-refractivity contribution < 1.29 is 18.8 Å². The summed E-state index contributed by atoms with van der Waals surface area (Å²) in [6.45, 7) is 3.64. The minimum absolute atomic E-state index is 0.00385. The van der Waals surface area contributed by atoms with Crippen LogP contribution in [0, 0.1) is 0 Å². The average Bonchev–Trinajstić information content (AvgIpc) is 3.30. The maximum Gasteiger partial charge on any atom is 0.254 e. The lowest BCUT2D eigenvalue weighted by Crippen LogP contribution is -2.39. The molecule has 1 atom stereocenters. The molecule has 0 aliphatic carbocycles. The van der Waals surface area contributed by atoms with Crippen LogP contribution in [0.4, 0.5) is 0 Å². The molecule has 0 bridgehead atoms. The quantitative estimate of drug-likeness (QED) is 0.546. The van der Waals surface area contributed by atoms with Gasteiger partial charge < -0.3 is 18.9 Å². The second-order valence-corrected chi connectivity index (χ2v) is 7.79. The Morgan fingerprint density at radius 1 is 1.23 bits per heavy atom. The third-order valence-electron chi connectivity index (χ3n) is 5.31. The van der Waals surface area contributed by atoms with Gasteiger partial charge >= 0.3 is 0 Å². The van der Waals surface area contributed by atoms with Gasteiger partial charge in [0.2, 0.25) is 11.7 Å². The third-order valence-corrected chi connectivity index (χ3v) is 5.56. The van der Waals surface area contributed by atoms with E-state index >= 15 is 0 Å². The molecule has 4 rings (SSSR count). The van der Waals surface area contributed by atoms with E-state index in [0.29, 0.717) is 53.5 Å². The van der Waals surface area contributed by atoms with E-state index in [2.05, 4.69) is 10.1 Å². The van der Waals surface area contributed by atoms with Crippen LogP contribution in [-0.4, -0.2) is 47.8 Å². The Labute approximate surface area is 185 Å². The van der Waals surface area contributed by atoms with Crippen LogP contribution < -0.4 is 9.47 Å². The molecule has 162 valence electrons. The number of amides is 1. The van der Waals surface area contributed by atoms with Crippen LogP contribution in [0.15, 0.2) is 47.0 Å². The molecule has 2 aromatic carbocycles. The Balaban J connectivity index is 1.48. The largest absolute Gasteiger partial charge is 0.493 e. The molecule has 31 heavy (non-hydrogen) atoms. The Kier molecular flexibility index (Phi) is 6.42. The summed E-state index contributed by atoms with van der Waals surface area (Å²) in [5.41, 5.74) is 1.40. The highest BCUT2D eigenvalue weighted by Gasteiger charge is 2.29. The number of hydrogen-bond acceptors (Lipinski definition) is 6. The van der Waals surface area contributed by atoms with Crippen molar-refractivity contribution in [3.05, 3.63) is 58.9 Å². The third kappa shape index (κ3) is 4.66. The Morgan fingerprint density at radius 2 is 2.03 bits per heavy atom. The van der Waals surface area contributed by atoms with Gasteiger partial charge in [-0.15, -0.1) is 0 Å². The van der Waals surface area contributed by atoms with Crippen molar-refractivity contribution in [2.45, 2.75) is 25.7 Å². The first-order valence-corrected chi connectivity index (χ1v) is 10.7. The summed E-state index contributed by atoms with van der Waals surface area (Å²) in [5.74, 6) is 2.18. The fourth-order valence-corrected chi connectivity index (χ4v) is 3.86. The number of carbonyl (C=O) groups excluding carboxylic acids is 1. The Morgan fingerprint density at radius 3 is 2.77 bits per heavy atom. The van der Waals surface area contributed by atoms with Crippen LogP contribution in [0.1, 0.15) is 41.9 Å². The molecular formula is C23H24ClN3O4. The normalized spacial score (nSPS) is 16.2. The highest BCUT2D eigenvalue weighted by atomic mass is 35.5. The number of likely N-dealkylation sites (tertiary alicyclic amines) is 1. The van der Waals surface area contributed by atoms with E-state index in [9.17, 15) is 4.79 Å². The fraction of sp³-hybridized carbons (Fsp3) is 0.348. The van der Waals surface area contributed by atoms with Crippen molar-refractivity contribution in [1.29, 1.82) is 0 Å². The van der Waals surface area contributed by atoms with Gasteiger partial charge in [-0.2, -0.15) is 4.98 Å². The molecule has 8 heteroatoms. The summed E-state index contributed by atoms with van der Waals surface area (Å²) in [7, 11) is 1.57. The summed E-state index contributed by atoms with van der Waals surface area (Å²) >= 11 is 5.95. The van der Waals surface area contributed by atoms with E-state index < -0.39 is 0 Å². The first-order chi connectivity index (χ1) is 15.1. The number of nitrogens with zero attached hydrogens (tertiary/aromatic N) is 3. The lowest BCUT2D eigenvalue weighted by molar-refractivity contribution is 0.0695. The van der Waals surface area contributed by atoms with Gasteiger partial charge in [-0.3, -0.25) is 4.79 Å². The van der Waals surface area contributed by atoms with Gasteiger partial charge in [0.25, 0.3) is 5.91 Å². The van der Waals surface area contributed by atoms with Crippen molar-refractivity contribution in [2.24, 2.45) is 0 Å². The molecule has 0 spiro atoms. The first-order valence-electron chi connectivity index (χ1n) is 10.3. The van der Waals surface area contributed by atoms with Crippen LogP contribution >= 0.6 is 11.6 Å². The van der Waals surface area contributed by atoms with Gasteiger partial charge in [-0.1, -0.05) is 16.8 Å². The Hall–Kier alpha value is -3.06. The number of hydrogen-bond donors (Lipinski definition) is 0. The molecule has 0 N–H and O–H groups in total. The second-order valence-electron chi connectivity index (χ2n) is 7.35. The highest BCUT2D eigenvalue weighted by molar-refractivity contribution is 6.30. The van der Waals surface area contributed by atoms with Gasteiger partial charge in [-0.25, -0.2) is 0 Å². The molecular weight excluding hydrogens is 418 g/mol. The van der Waals surface area contributed by atoms with Gasteiger partial charge in [0.05, 0.1) is 19.6 Å². The zero-order valence-electron chi connectivity index (χ0n) is 17.5. The van der Waals surface area contributed by atoms with Crippen molar-refractivity contribution in [1.82, 2.24) is 15.0 Å². The van der Waals surface area contributed by atoms with E-state index in [-0.39, 0.29) is 11.8 Å². The van der Waals surface area contributed by atoms with Gasteiger partial charge in [-0.05, 0) is 62.2 Å². The molecule has 0 unspecified atom stereocenters. The smallest absolute Gasteiger partial charge is 0.254 e. The molecule has 2 heterocycles. The second kappa shape index (κ2) is 9.39. The predicted octanol–water partition coefficient (Wildman–Crippen LogP) is 4.82. The SMILES string of the molecule is CCOc1ccc(C(=O)N2CCC[C@H](c3nc(-c4ccc(Cl)cc4)no3)C2)cc1OC. The zero-order valence-corrected chi connectivity index (χ0v) is 18.3. The fourth-order valence-electron chi connectivity index (χ4n) is 3.74. The van der Waals surface area contributed by atoms with Crippen LogP contribution in [0.25, 0.3) is 11.4 Å². The van der Waals surface area contributed by atoms with E-state index in [4.69, 9.17) is 25.6 Å². The lowest BCUT2D eigenvalue weighted by Gasteiger charge is -2.31. The molecule has 0 saturated carbocycles. The van der Waals surface area contributed by atoms with Crippen LogP contribution in [0.3, 0.4) is 0 Å². The number of halogens is 1. The first kappa shape index (κ1) is 21.2. The maximum absolute atomic E-state index is 13.1. The molecule has 3 aromatic rings. The predicted molar refractivity (Wildman–Crippen MR) is 117 cm³/mol. The zero-order chi connectivity index (χ0) is 21.8. The summed E-state index contributed by atoms with van der Waals surface area (Å²) in [5, 5.41) is 4.76. The van der Waals surface area contributed by atoms with Crippen LogP contribution in [0.2, 0.25) is 5.02 Å². The van der Waals surface area contributed by atoms with Gasteiger partial charge in [0.15, 0.2) is 11.5 Å². The van der Waals surface area contributed by atoms with Crippen LogP contribution in [0.5, 0.6) is 11.5 Å². The summed E-state index contributed by atoms with van der Waals surface area (Å²) in [4.78, 5) is 19.5. The number of ether oxygens (including phenoxy) is 2. The van der Waals surface area contributed by atoms with E-state index in [1.54, 1.807) is 37.4 Å². The standard InChI is InChI=1S/C23H24ClN3O4/c1-3-30-19-11-8-16(13-20(19)29-2)23(28)27-12-4-5-17(14-27)22-25-21(26-31-22)15-6-9-18(24)10-7-15/h6-11,13,17H,3-5,12,14H2,1-2H3/t17-/m0/s1. The van der Waals surface area contributed by atoms with Crippen molar-refractivity contribution >= 4 is 17.5 Å². The number of aromatic nitrogens is 2. The molecule has 1 aliphatic heterocycles. The molecule has 1 fully saturated rings. The topological polar surface area (TPSA) is 77.7 Å². The summed E-state index contributed by atoms with van der Waals surface area (Å²) in [6.07, 6.45) is 1.75. The molecule has 1 aromatic heterocycles. The molecule has 7 nitrogen and oxygen atoms in total. The maximum atomic E-state index is 13.1.